The molecule has 1 nitrogen and oxygen atoms in total. The highest BCUT2D eigenvalue weighted by molar-refractivity contribution is 5.73. The quantitative estimate of drug-likeness (QED) is 0.563. The fourth-order valence-corrected chi connectivity index (χ4v) is 3.35. The molecule has 25 heavy (non-hydrogen) atoms. The van der Waals surface area contributed by atoms with E-state index in [1.807, 2.05) is 18.2 Å². The van der Waals surface area contributed by atoms with Crippen LogP contribution in [0, 0.1) is 0 Å². The molecule has 1 heteroatoms. The van der Waals surface area contributed by atoms with Crippen molar-refractivity contribution in [1.29, 1.82) is 0 Å². The molecule has 0 radical (unpaired) electrons. The summed E-state index contributed by atoms with van der Waals surface area (Å²) >= 11 is 0. The summed E-state index contributed by atoms with van der Waals surface area (Å²) in [6, 6.07) is 27.7. The Balaban J connectivity index is 1.67. The van der Waals surface area contributed by atoms with Crippen molar-refractivity contribution in [3.8, 4) is 11.1 Å². The van der Waals surface area contributed by atoms with Crippen LogP contribution in [0.25, 0.3) is 11.1 Å². The number of nitrogens with one attached hydrogen (secondary N) is 1. The Morgan fingerprint density at radius 2 is 1.52 bits per heavy atom. The maximum atomic E-state index is 3.49. The van der Waals surface area contributed by atoms with Crippen molar-refractivity contribution in [2.75, 3.05) is 5.32 Å². The van der Waals surface area contributed by atoms with Crippen LogP contribution >= 0.6 is 0 Å². The van der Waals surface area contributed by atoms with E-state index in [-0.39, 0.29) is 0 Å². The largest absolute Gasteiger partial charge is 0.356 e. The molecule has 0 aliphatic heterocycles. The molecule has 3 aromatic carbocycles. The van der Waals surface area contributed by atoms with Gasteiger partial charge in [-0.15, -0.1) is 0 Å². The van der Waals surface area contributed by atoms with Crippen LogP contribution in [0.15, 0.2) is 103 Å². The first-order valence-electron chi connectivity index (χ1n) is 8.75. The zero-order chi connectivity index (χ0) is 16.9. The first-order chi connectivity index (χ1) is 12.4. The topological polar surface area (TPSA) is 12.0 Å². The van der Waals surface area contributed by atoms with Gasteiger partial charge in [-0.25, -0.2) is 0 Å². The van der Waals surface area contributed by atoms with Crippen LogP contribution in [0.2, 0.25) is 0 Å². The fourth-order valence-electron chi connectivity index (χ4n) is 3.35. The van der Waals surface area contributed by atoms with Gasteiger partial charge in [-0.2, -0.15) is 0 Å². The van der Waals surface area contributed by atoms with Gasteiger partial charge < -0.3 is 5.32 Å². The highest BCUT2D eigenvalue weighted by atomic mass is 14.9. The number of hydrogen-bond acceptors (Lipinski definition) is 1. The van der Waals surface area contributed by atoms with Gasteiger partial charge in [0, 0.05) is 17.3 Å². The van der Waals surface area contributed by atoms with Gasteiger partial charge in [-0.3, -0.25) is 0 Å². The monoisotopic (exact) mass is 323 g/mol. The predicted molar refractivity (Wildman–Crippen MR) is 107 cm³/mol. The lowest BCUT2D eigenvalue weighted by Gasteiger charge is -2.18. The van der Waals surface area contributed by atoms with E-state index in [1.165, 1.54) is 16.7 Å². The summed E-state index contributed by atoms with van der Waals surface area (Å²) in [5.74, 6) is 0.451. The Labute approximate surface area is 149 Å². The van der Waals surface area contributed by atoms with E-state index in [1.54, 1.807) is 0 Å². The molecule has 3 aromatic rings. The van der Waals surface area contributed by atoms with Crippen LogP contribution in [0.4, 0.5) is 11.4 Å². The maximum absolute atomic E-state index is 3.49. The van der Waals surface area contributed by atoms with Crippen molar-refractivity contribution in [3.63, 3.8) is 0 Å². The van der Waals surface area contributed by atoms with E-state index in [0.29, 0.717) is 5.92 Å². The van der Waals surface area contributed by atoms with E-state index in [2.05, 4.69) is 90.3 Å². The zero-order valence-electron chi connectivity index (χ0n) is 14.1. The van der Waals surface area contributed by atoms with Crippen molar-refractivity contribution in [1.82, 2.24) is 0 Å². The van der Waals surface area contributed by atoms with Crippen molar-refractivity contribution in [2.24, 2.45) is 0 Å². The third kappa shape index (κ3) is 3.56. The molecule has 0 saturated carbocycles. The Kier molecular flexibility index (Phi) is 4.47. The number of allylic oxidation sites excluding steroid dienone is 4. The second-order valence-corrected chi connectivity index (χ2v) is 6.31. The molecule has 0 fully saturated rings. The molecule has 0 aromatic heterocycles. The van der Waals surface area contributed by atoms with Crippen molar-refractivity contribution in [2.45, 2.75) is 12.3 Å². The minimum Gasteiger partial charge on any atom is -0.356 e. The van der Waals surface area contributed by atoms with Gasteiger partial charge >= 0.3 is 0 Å². The molecule has 1 atom stereocenters. The van der Waals surface area contributed by atoms with Gasteiger partial charge in [-0.05, 0) is 47.4 Å². The second-order valence-electron chi connectivity index (χ2n) is 6.31. The van der Waals surface area contributed by atoms with Crippen molar-refractivity contribution < 1.29 is 0 Å². The number of benzene rings is 3. The second kappa shape index (κ2) is 7.23. The third-order valence-electron chi connectivity index (χ3n) is 4.58. The third-order valence-corrected chi connectivity index (χ3v) is 4.58. The first-order valence-corrected chi connectivity index (χ1v) is 8.75. The Hall–Kier alpha value is -3.06. The number of hydrogen-bond donors (Lipinski definition) is 1. The summed E-state index contributed by atoms with van der Waals surface area (Å²) in [5.41, 5.74) is 6.16. The smallest absolute Gasteiger partial charge is 0.0390 e. The average Bonchev–Trinajstić information content (AvgIpc) is 2.70. The summed E-state index contributed by atoms with van der Waals surface area (Å²) in [7, 11) is 0. The molecule has 1 unspecified atom stereocenters. The minimum atomic E-state index is 0.451. The van der Waals surface area contributed by atoms with E-state index in [4.69, 9.17) is 0 Å². The summed E-state index contributed by atoms with van der Waals surface area (Å²) < 4.78 is 0. The fraction of sp³-hybridized carbons (Fsp3) is 0.0833. The van der Waals surface area contributed by atoms with Crippen LogP contribution < -0.4 is 5.32 Å². The summed E-state index contributed by atoms with van der Waals surface area (Å²) in [6.07, 6.45) is 9.89. The number of rotatable bonds is 4. The molecule has 0 bridgehead atoms. The molecule has 1 N–H and O–H groups in total. The summed E-state index contributed by atoms with van der Waals surface area (Å²) in [4.78, 5) is 0. The molecule has 4 rings (SSSR count). The van der Waals surface area contributed by atoms with E-state index in [9.17, 15) is 0 Å². The average molecular weight is 323 g/mol. The molecule has 1 aliphatic carbocycles. The molecule has 0 amide bonds. The first kappa shape index (κ1) is 15.5. The minimum absolute atomic E-state index is 0.451. The lowest BCUT2D eigenvalue weighted by Crippen LogP contribution is -1.99. The number of anilines is 2. The molecule has 0 saturated heterocycles. The Morgan fingerprint density at radius 3 is 2.36 bits per heavy atom. The Morgan fingerprint density at radius 1 is 0.720 bits per heavy atom. The zero-order valence-corrected chi connectivity index (χ0v) is 14.1. The van der Waals surface area contributed by atoms with Gasteiger partial charge in [-0.1, -0.05) is 78.9 Å². The molecular formula is C24H21N. The van der Waals surface area contributed by atoms with Gasteiger partial charge in [0.05, 0.1) is 0 Å². The molecule has 1 aliphatic rings. The van der Waals surface area contributed by atoms with Gasteiger partial charge in [0.1, 0.15) is 0 Å². The van der Waals surface area contributed by atoms with E-state index >= 15 is 0 Å². The van der Waals surface area contributed by atoms with Crippen LogP contribution in [-0.2, 0) is 0 Å². The highest BCUT2D eigenvalue weighted by Gasteiger charge is 2.13. The van der Waals surface area contributed by atoms with Crippen LogP contribution in [0.3, 0.4) is 0 Å². The normalized spacial score (nSPS) is 15.9. The van der Waals surface area contributed by atoms with Gasteiger partial charge in [0.15, 0.2) is 0 Å². The van der Waals surface area contributed by atoms with Crippen molar-refractivity contribution in [3.05, 3.63) is 109 Å². The van der Waals surface area contributed by atoms with Crippen molar-refractivity contribution >= 4 is 11.4 Å². The number of para-hydroxylation sites is 1. The standard InChI is InChI=1S/C24H21N/c1-3-10-19(11-4-1)23-16-7-8-17-24(23)20-12-9-15-22(18-20)25-21-13-5-2-6-14-21/h1-10,12-19,25H,11H2. The predicted octanol–water partition coefficient (Wildman–Crippen LogP) is 6.70. The molecule has 122 valence electrons. The molecule has 0 spiro atoms. The Bertz CT molecular complexity index is 906. The molecule has 0 heterocycles. The molecular weight excluding hydrogens is 302 g/mol. The maximum Gasteiger partial charge on any atom is 0.0390 e. The van der Waals surface area contributed by atoms with Gasteiger partial charge in [0.2, 0.25) is 0 Å². The lowest BCUT2D eigenvalue weighted by atomic mass is 9.86. The van der Waals surface area contributed by atoms with Crippen LogP contribution in [0.5, 0.6) is 0 Å². The van der Waals surface area contributed by atoms with Crippen LogP contribution in [-0.4, -0.2) is 0 Å². The SMILES string of the molecule is C1=CCC(c2ccccc2-c2cccc(Nc3ccccc3)c2)C=C1. The summed E-state index contributed by atoms with van der Waals surface area (Å²) in [5, 5.41) is 3.49. The van der Waals surface area contributed by atoms with Gasteiger partial charge in [0.25, 0.3) is 0 Å². The van der Waals surface area contributed by atoms with Crippen LogP contribution in [0.1, 0.15) is 17.9 Å². The summed E-state index contributed by atoms with van der Waals surface area (Å²) in [6.45, 7) is 0. The van der Waals surface area contributed by atoms with E-state index in [0.717, 1.165) is 17.8 Å². The highest BCUT2D eigenvalue weighted by Crippen LogP contribution is 2.34. The lowest BCUT2D eigenvalue weighted by molar-refractivity contribution is 0.856. The van der Waals surface area contributed by atoms with E-state index < -0.39 is 0 Å².